The maximum absolute atomic E-state index is 5.81. The second kappa shape index (κ2) is 6.23. The van der Waals surface area contributed by atoms with Crippen molar-refractivity contribution in [3.05, 3.63) is 42.5 Å². The van der Waals surface area contributed by atoms with Crippen LogP contribution in [-0.2, 0) is 0 Å². The number of nitrogens with two attached hydrogens (primary N) is 1. The quantitative estimate of drug-likeness (QED) is 0.635. The van der Waals surface area contributed by atoms with Gasteiger partial charge in [0.2, 0.25) is 0 Å². The molecule has 0 spiro atoms. The van der Waals surface area contributed by atoms with E-state index in [1.807, 2.05) is 18.2 Å². The topological polar surface area (TPSA) is 35.2 Å². The molecule has 0 amide bonds. The summed E-state index contributed by atoms with van der Waals surface area (Å²) in [5, 5.41) is 2.43. The Labute approximate surface area is 125 Å². The third-order valence-corrected chi connectivity index (χ3v) is 4.16. The molecule has 2 N–H and O–H groups in total. The van der Waals surface area contributed by atoms with Crippen molar-refractivity contribution in [1.29, 1.82) is 0 Å². The van der Waals surface area contributed by atoms with Crippen LogP contribution in [0.2, 0.25) is 0 Å². The predicted octanol–water partition coefficient (Wildman–Crippen LogP) is 4.31. The summed E-state index contributed by atoms with van der Waals surface area (Å²) in [6.07, 6.45) is 1.88. The largest absolute Gasteiger partial charge is 0.494 e. The second-order valence-electron chi connectivity index (χ2n) is 5.71. The van der Waals surface area contributed by atoms with Gasteiger partial charge in [-0.15, -0.1) is 0 Å². The summed E-state index contributed by atoms with van der Waals surface area (Å²) < 4.78 is 5.81. The number of rotatable bonds is 6. The number of hydrogen-bond donors (Lipinski definition) is 1. The van der Waals surface area contributed by atoms with Gasteiger partial charge in [0.25, 0.3) is 0 Å². The molecule has 0 saturated heterocycles. The van der Waals surface area contributed by atoms with Gasteiger partial charge < -0.3 is 10.5 Å². The normalized spacial score (nSPS) is 11.5. The van der Waals surface area contributed by atoms with Crippen molar-refractivity contribution in [2.45, 2.75) is 26.7 Å². The second-order valence-corrected chi connectivity index (χ2v) is 6.15. The number of ether oxygens (including phenoxy) is 1. The predicted molar refractivity (Wildman–Crippen MR) is 89.2 cm³/mol. The summed E-state index contributed by atoms with van der Waals surface area (Å²) in [6, 6.07) is 14.5. The lowest BCUT2D eigenvalue weighted by molar-refractivity contribution is 0.288. The average Bonchev–Trinajstić information content (AvgIpc) is 2.43. The van der Waals surface area contributed by atoms with Crippen LogP contribution in [0.4, 0.5) is 0 Å². The first-order chi connectivity index (χ1) is 9.49. The molecule has 2 rings (SSSR count). The van der Waals surface area contributed by atoms with Crippen LogP contribution in [0.5, 0.6) is 5.75 Å². The van der Waals surface area contributed by atoms with Crippen LogP contribution in [0.15, 0.2) is 42.5 Å². The number of hydrogen-bond acceptors (Lipinski definition) is 2. The van der Waals surface area contributed by atoms with Gasteiger partial charge in [0.1, 0.15) is 5.75 Å². The minimum atomic E-state index is -0.0952. The van der Waals surface area contributed by atoms with Crippen molar-refractivity contribution in [3.8, 4) is 5.75 Å². The van der Waals surface area contributed by atoms with Crippen LogP contribution < -0.4 is 10.5 Å². The molecule has 0 aliphatic heterocycles. The Kier molecular flexibility index (Phi) is 4.61. The fourth-order valence-electron chi connectivity index (χ4n) is 2.08. The molecule has 3 heteroatoms. The van der Waals surface area contributed by atoms with E-state index in [9.17, 15) is 0 Å². The van der Waals surface area contributed by atoms with Crippen molar-refractivity contribution >= 4 is 28.0 Å². The first-order valence-electron chi connectivity index (χ1n) is 6.90. The van der Waals surface area contributed by atoms with Crippen molar-refractivity contribution in [1.82, 2.24) is 0 Å². The molecule has 0 bridgehead atoms. The summed E-state index contributed by atoms with van der Waals surface area (Å²) in [5.41, 5.74) is 5.62. The third kappa shape index (κ3) is 3.70. The molecular formula is C17H21NOS. The molecule has 0 heterocycles. The van der Waals surface area contributed by atoms with E-state index in [1.54, 1.807) is 0 Å². The highest BCUT2D eigenvalue weighted by Gasteiger charge is 2.20. The number of fused-ring (bicyclic) bond motifs is 1. The van der Waals surface area contributed by atoms with Crippen molar-refractivity contribution < 1.29 is 4.74 Å². The molecule has 2 nitrogen and oxygen atoms in total. The lowest BCUT2D eigenvalue weighted by Crippen LogP contribution is -2.30. The summed E-state index contributed by atoms with van der Waals surface area (Å²) in [5.74, 6) is 0.914. The average molecular weight is 287 g/mol. The standard InChI is InChI=1S/C17H21NOS/c1-17(2,16(18)20)10-5-11-19-15-9-8-13-6-3-4-7-14(13)12-15/h3-4,6-9,12H,5,10-11H2,1-2H3,(H2,18,20). The van der Waals surface area contributed by atoms with Gasteiger partial charge >= 0.3 is 0 Å². The van der Waals surface area contributed by atoms with Crippen molar-refractivity contribution in [2.75, 3.05) is 6.61 Å². The van der Waals surface area contributed by atoms with Crippen LogP contribution in [0.1, 0.15) is 26.7 Å². The Morgan fingerprint density at radius 1 is 1.15 bits per heavy atom. The van der Waals surface area contributed by atoms with E-state index in [1.165, 1.54) is 10.8 Å². The minimum Gasteiger partial charge on any atom is -0.494 e. The third-order valence-electron chi connectivity index (χ3n) is 3.60. The summed E-state index contributed by atoms with van der Waals surface area (Å²) in [6.45, 7) is 4.83. The fraction of sp³-hybridized carbons (Fsp3) is 0.353. The number of thiocarbonyl (C=S) groups is 1. The Bertz CT molecular complexity index is 607. The van der Waals surface area contributed by atoms with Gasteiger partial charge in [-0.05, 0) is 35.7 Å². The Morgan fingerprint density at radius 2 is 1.85 bits per heavy atom. The summed E-state index contributed by atoms with van der Waals surface area (Å²) >= 11 is 5.06. The Hall–Kier alpha value is -1.61. The van der Waals surface area contributed by atoms with Gasteiger partial charge in [0.05, 0.1) is 11.6 Å². The summed E-state index contributed by atoms with van der Waals surface area (Å²) in [7, 11) is 0. The van der Waals surface area contributed by atoms with Crippen LogP contribution in [0, 0.1) is 5.41 Å². The van der Waals surface area contributed by atoms with Crippen LogP contribution in [0.25, 0.3) is 10.8 Å². The van der Waals surface area contributed by atoms with E-state index in [0.29, 0.717) is 11.6 Å². The molecule has 0 fully saturated rings. The van der Waals surface area contributed by atoms with E-state index >= 15 is 0 Å². The van der Waals surface area contributed by atoms with Gasteiger partial charge in [-0.2, -0.15) is 0 Å². The molecule has 2 aromatic rings. The molecule has 20 heavy (non-hydrogen) atoms. The molecule has 0 saturated carbocycles. The first kappa shape index (κ1) is 14.8. The van der Waals surface area contributed by atoms with Crippen LogP contribution in [0.3, 0.4) is 0 Å². The minimum absolute atomic E-state index is 0.0952. The lowest BCUT2D eigenvalue weighted by Gasteiger charge is -2.22. The zero-order valence-corrected chi connectivity index (χ0v) is 12.9. The van der Waals surface area contributed by atoms with Gasteiger partial charge in [-0.25, -0.2) is 0 Å². The molecule has 0 aliphatic carbocycles. The molecule has 0 aliphatic rings. The number of benzene rings is 2. The zero-order valence-electron chi connectivity index (χ0n) is 12.1. The smallest absolute Gasteiger partial charge is 0.119 e. The maximum atomic E-state index is 5.81. The van der Waals surface area contributed by atoms with Gasteiger partial charge in [-0.3, -0.25) is 0 Å². The van der Waals surface area contributed by atoms with E-state index in [4.69, 9.17) is 22.7 Å². The zero-order chi connectivity index (χ0) is 14.6. The van der Waals surface area contributed by atoms with E-state index in [-0.39, 0.29) is 5.41 Å². The van der Waals surface area contributed by atoms with E-state index < -0.39 is 0 Å². The fourth-order valence-corrected chi connectivity index (χ4v) is 2.19. The highest BCUT2D eigenvalue weighted by Crippen LogP contribution is 2.24. The molecular weight excluding hydrogens is 266 g/mol. The molecule has 0 radical (unpaired) electrons. The van der Waals surface area contributed by atoms with Crippen LogP contribution in [-0.4, -0.2) is 11.6 Å². The molecule has 0 unspecified atom stereocenters. The van der Waals surface area contributed by atoms with Crippen molar-refractivity contribution in [2.24, 2.45) is 11.1 Å². The molecule has 2 aromatic carbocycles. The van der Waals surface area contributed by atoms with E-state index in [2.05, 4.69) is 38.1 Å². The van der Waals surface area contributed by atoms with Crippen molar-refractivity contribution in [3.63, 3.8) is 0 Å². The van der Waals surface area contributed by atoms with Gasteiger partial charge in [0.15, 0.2) is 0 Å². The molecule has 0 atom stereocenters. The lowest BCUT2D eigenvalue weighted by atomic mass is 9.88. The Morgan fingerprint density at radius 3 is 2.55 bits per heavy atom. The van der Waals surface area contributed by atoms with Crippen LogP contribution >= 0.6 is 12.2 Å². The maximum Gasteiger partial charge on any atom is 0.119 e. The van der Waals surface area contributed by atoms with Gasteiger partial charge in [0, 0.05) is 5.41 Å². The first-order valence-corrected chi connectivity index (χ1v) is 7.31. The molecule has 0 aromatic heterocycles. The highest BCUT2D eigenvalue weighted by molar-refractivity contribution is 7.80. The SMILES string of the molecule is CC(C)(CCCOc1ccc2ccccc2c1)C(N)=S. The highest BCUT2D eigenvalue weighted by atomic mass is 32.1. The van der Waals surface area contributed by atoms with Gasteiger partial charge in [-0.1, -0.05) is 56.4 Å². The monoisotopic (exact) mass is 287 g/mol. The Balaban J connectivity index is 1.88. The van der Waals surface area contributed by atoms with E-state index in [0.717, 1.165) is 18.6 Å². The summed E-state index contributed by atoms with van der Waals surface area (Å²) in [4.78, 5) is 0.572. The molecule has 106 valence electrons.